The van der Waals surface area contributed by atoms with E-state index in [0.717, 1.165) is 51.4 Å². The molecule has 2 atom stereocenters. The summed E-state index contributed by atoms with van der Waals surface area (Å²) >= 11 is 0. The van der Waals surface area contributed by atoms with E-state index in [1.807, 2.05) is 0 Å². The number of nitrogens with one attached hydrogen (secondary N) is 2. The second kappa shape index (κ2) is 11.7. The molecule has 1 aromatic rings. The summed E-state index contributed by atoms with van der Waals surface area (Å²) in [6.07, 6.45) is 6.59. The molecule has 2 aliphatic rings. The predicted molar refractivity (Wildman–Crippen MR) is 131 cm³/mol. The number of hydrogen-bond donors (Lipinski definition) is 4. The molecule has 1 aromatic carbocycles. The third kappa shape index (κ3) is 7.34. The van der Waals surface area contributed by atoms with Gasteiger partial charge in [-0.05, 0) is 70.6 Å². The first-order valence-corrected chi connectivity index (χ1v) is 12.6. The van der Waals surface area contributed by atoms with Crippen molar-refractivity contribution >= 4 is 17.9 Å². The number of ether oxygens (including phenoxy) is 1. The Morgan fingerprint density at radius 1 is 1.03 bits per heavy atom. The number of nitrogens with zero attached hydrogens (tertiary/aromatic N) is 1. The number of aliphatic hydroxyl groups is 1. The molecule has 0 saturated heterocycles. The van der Waals surface area contributed by atoms with Crippen molar-refractivity contribution in [3.05, 3.63) is 29.8 Å². The Hall–Kier alpha value is -2.81. The fourth-order valence-corrected chi connectivity index (χ4v) is 4.62. The fraction of sp³-hybridized carbons (Fsp3) is 0.654. The highest BCUT2D eigenvalue weighted by Gasteiger charge is 2.42. The number of amides is 3. The van der Waals surface area contributed by atoms with Gasteiger partial charge in [-0.2, -0.15) is 0 Å². The van der Waals surface area contributed by atoms with Crippen LogP contribution >= 0.6 is 0 Å². The quantitative estimate of drug-likeness (QED) is 0.444. The summed E-state index contributed by atoms with van der Waals surface area (Å²) in [4.78, 5) is 41.3. The Morgan fingerprint density at radius 2 is 1.66 bits per heavy atom. The minimum absolute atomic E-state index is 0.0442. The normalized spacial score (nSPS) is 18.6. The van der Waals surface area contributed by atoms with Crippen LogP contribution in [0.3, 0.4) is 0 Å². The van der Waals surface area contributed by atoms with Crippen molar-refractivity contribution in [3.63, 3.8) is 0 Å². The van der Waals surface area contributed by atoms with Crippen LogP contribution in [0, 0.1) is 0 Å². The van der Waals surface area contributed by atoms with E-state index >= 15 is 0 Å². The van der Waals surface area contributed by atoms with Gasteiger partial charge in [0.25, 0.3) is 0 Å². The number of hydrogen-bond acceptors (Lipinski definition) is 6. The first-order valence-electron chi connectivity index (χ1n) is 12.6. The van der Waals surface area contributed by atoms with E-state index < -0.39 is 36.3 Å². The summed E-state index contributed by atoms with van der Waals surface area (Å²) in [5.74, 6) is -0.779. The van der Waals surface area contributed by atoms with Gasteiger partial charge in [-0.15, -0.1) is 0 Å². The average molecular weight is 490 g/mol. The van der Waals surface area contributed by atoms with E-state index in [1.54, 1.807) is 32.9 Å². The number of phenols is 1. The molecule has 0 aliphatic heterocycles. The van der Waals surface area contributed by atoms with Crippen LogP contribution in [0.1, 0.15) is 83.7 Å². The Balaban J connectivity index is 1.90. The molecule has 3 rings (SSSR count). The molecule has 0 aromatic heterocycles. The number of carbonyl (C=O) groups is 3. The first kappa shape index (κ1) is 26.8. The maximum atomic E-state index is 13.8. The van der Waals surface area contributed by atoms with Crippen molar-refractivity contribution in [2.75, 3.05) is 6.61 Å². The fourth-order valence-electron chi connectivity index (χ4n) is 4.62. The van der Waals surface area contributed by atoms with Gasteiger partial charge in [0, 0.05) is 12.1 Å². The van der Waals surface area contributed by atoms with Crippen LogP contribution in [0.15, 0.2) is 24.3 Å². The molecule has 2 fully saturated rings. The zero-order chi connectivity index (χ0) is 25.6. The number of benzene rings is 1. The van der Waals surface area contributed by atoms with Crippen LogP contribution in [0.5, 0.6) is 5.75 Å². The van der Waals surface area contributed by atoms with Crippen molar-refractivity contribution in [1.29, 1.82) is 0 Å². The zero-order valence-corrected chi connectivity index (χ0v) is 21.0. The van der Waals surface area contributed by atoms with E-state index in [0.29, 0.717) is 5.56 Å². The molecule has 2 saturated carbocycles. The minimum atomic E-state index is -1.26. The van der Waals surface area contributed by atoms with E-state index in [9.17, 15) is 24.6 Å². The Labute approximate surface area is 207 Å². The molecule has 9 heteroatoms. The molecule has 0 spiro atoms. The van der Waals surface area contributed by atoms with E-state index in [4.69, 9.17) is 4.74 Å². The second-order valence-corrected chi connectivity index (χ2v) is 10.5. The van der Waals surface area contributed by atoms with Gasteiger partial charge in [0.1, 0.15) is 23.4 Å². The number of rotatable bonds is 8. The molecule has 3 amide bonds. The van der Waals surface area contributed by atoms with Crippen LogP contribution in [-0.4, -0.2) is 63.4 Å². The summed E-state index contributed by atoms with van der Waals surface area (Å²) in [5, 5.41) is 25.4. The maximum absolute atomic E-state index is 13.8. The third-order valence-corrected chi connectivity index (χ3v) is 6.58. The molecule has 194 valence electrons. The number of aliphatic hydroxyl groups excluding tert-OH is 1. The summed E-state index contributed by atoms with van der Waals surface area (Å²) in [6, 6.07) is 3.88. The summed E-state index contributed by atoms with van der Waals surface area (Å²) in [6.45, 7) is 4.49. The van der Waals surface area contributed by atoms with Crippen molar-refractivity contribution in [3.8, 4) is 5.75 Å². The summed E-state index contributed by atoms with van der Waals surface area (Å²) in [5.41, 5.74) is -0.208. The SMILES string of the molecule is CC(C)(C)OC(=O)NC(CO)C(=O)N(C1CCC1)C(C(=O)NC1CCCCC1)c1ccc(O)cc1. The average Bonchev–Trinajstić information content (AvgIpc) is 2.76. The van der Waals surface area contributed by atoms with Gasteiger partial charge in [-0.3, -0.25) is 9.59 Å². The van der Waals surface area contributed by atoms with Crippen LogP contribution < -0.4 is 10.6 Å². The van der Waals surface area contributed by atoms with Gasteiger partial charge in [-0.1, -0.05) is 31.4 Å². The molecule has 0 heterocycles. The largest absolute Gasteiger partial charge is 0.508 e. The van der Waals surface area contributed by atoms with Crippen LogP contribution in [0.2, 0.25) is 0 Å². The molecule has 2 aliphatic carbocycles. The molecule has 0 radical (unpaired) electrons. The molecule has 2 unspecified atom stereocenters. The van der Waals surface area contributed by atoms with Crippen molar-refractivity contribution in [2.45, 2.75) is 102 Å². The van der Waals surface area contributed by atoms with Gasteiger partial charge in [0.15, 0.2) is 0 Å². The summed E-state index contributed by atoms with van der Waals surface area (Å²) in [7, 11) is 0. The highest BCUT2D eigenvalue weighted by Crippen LogP contribution is 2.34. The maximum Gasteiger partial charge on any atom is 0.408 e. The van der Waals surface area contributed by atoms with Crippen LogP contribution in [-0.2, 0) is 14.3 Å². The monoisotopic (exact) mass is 489 g/mol. The van der Waals surface area contributed by atoms with E-state index in [1.165, 1.54) is 17.0 Å². The van der Waals surface area contributed by atoms with Crippen LogP contribution in [0.4, 0.5) is 4.79 Å². The Morgan fingerprint density at radius 3 is 2.17 bits per heavy atom. The lowest BCUT2D eigenvalue weighted by atomic mass is 9.87. The smallest absolute Gasteiger partial charge is 0.408 e. The molecule has 4 N–H and O–H groups in total. The lowest BCUT2D eigenvalue weighted by molar-refractivity contribution is -0.148. The minimum Gasteiger partial charge on any atom is -0.508 e. The van der Waals surface area contributed by atoms with Gasteiger partial charge >= 0.3 is 6.09 Å². The third-order valence-electron chi connectivity index (χ3n) is 6.58. The summed E-state index contributed by atoms with van der Waals surface area (Å²) < 4.78 is 5.27. The number of phenolic OH excluding ortho intramolecular Hbond substituents is 1. The molecule has 0 bridgehead atoms. The number of carbonyl (C=O) groups excluding carboxylic acids is 3. The lowest BCUT2D eigenvalue weighted by Gasteiger charge is -2.43. The van der Waals surface area contributed by atoms with Crippen LogP contribution in [0.25, 0.3) is 0 Å². The Kier molecular flexibility index (Phi) is 8.99. The van der Waals surface area contributed by atoms with E-state index in [-0.39, 0.29) is 23.7 Å². The zero-order valence-electron chi connectivity index (χ0n) is 21.0. The van der Waals surface area contributed by atoms with Gasteiger partial charge < -0.3 is 30.5 Å². The van der Waals surface area contributed by atoms with Crippen molar-refractivity contribution < 1.29 is 29.3 Å². The molecular weight excluding hydrogens is 450 g/mol. The topological polar surface area (TPSA) is 128 Å². The Bertz CT molecular complexity index is 872. The number of aromatic hydroxyl groups is 1. The lowest BCUT2D eigenvalue weighted by Crippen LogP contribution is -2.59. The highest BCUT2D eigenvalue weighted by atomic mass is 16.6. The van der Waals surface area contributed by atoms with E-state index in [2.05, 4.69) is 10.6 Å². The first-order chi connectivity index (χ1) is 16.6. The molecule has 9 nitrogen and oxygen atoms in total. The van der Waals surface area contributed by atoms with Gasteiger partial charge in [-0.25, -0.2) is 4.79 Å². The van der Waals surface area contributed by atoms with Crippen molar-refractivity contribution in [1.82, 2.24) is 15.5 Å². The number of alkyl carbamates (subject to hydrolysis) is 1. The van der Waals surface area contributed by atoms with Gasteiger partial charge in [0.2, 0.25) is 11.8 Å². The van der Waals surface area contributed by atoms with Crippen molar-refractivity contribution in [2.24, 2.45) is 0 Å². The standard InChI is InChI=1S/C26H39N3O6/c1-26(2,3)35-25(34)28-21(16-30)24(33)29(19-10-7-11-19)22(17-12-14-20(31)15-13-17)23(32)27-18-8-5-4-6-9-18/h12-15,18-19,21-22,30-31H,4-11,16H2,1-3H3,(H,27,32)(H,28,34). The highest BCUT2D eigenvalue weighted by molar-refractivity contribution is 5.92. The second-order valence-electron chi connectivity index (χ2n) is 10.5. The molecular formula is C26H39N3O6. The predicted octanol–water partition coefficient (Wildman–Crippen LogP) is 3.15. The molecule has 35 heavy (non-hydrogen) atoms. The van der Waals surface area contributed by atoms with Gasteiger partial charge in [0.05, 0.1) is 6.61 Å².